The predicted octanol–water partition coefficient (Wildman–Crippen LogP) is 2.61. The molecule has 4 atom stereocenters. The number of aliphatic hydroxyl groups is 1. The van der Waals surface area contributed by atoms with Gasteiger partial charge in [0, 0.05) is 35.1 Å². The van der Waals surface area contributed by atoms with E-state index < -0.39 is 13.9 Å². The number of hydrogen-bond acceptors (Lipinski definition) is 4. The molecule has 0 aromatic heterocycles. The highest BCUT2D eigenvalue weighted by Gasteiger charge is 2.65. The lowest BCUT2D eigenvalue weighted by atomic mass is 9.82. The second-order valence-electron chi connectivity index (χ2n) is 7.40. The third-order valence-electron chi connectivity index (χ3n) is 5.49. The summed E-state index contributed by atoms with van der Waals surface area (Å²) in [6.07, 6.45) is 0.104. The van der Waals surface area contributed by atoms with Crippen molar-refractivity contribution in [1.29, 1.82) is 0 Å². The molecule has 2 aliphatic rings. The van der Waals surface area contributed by atoms with E-state index in [1.165, 1.54) is 0 Å². The van der Waals surface area contributed by atoms with Crippen LogP contribution in [0.3, 0.4) is 0 Å². The maximum atomic E-state index is 13.2. The minimum atomic E-state index is -2.59. The SMILES string of the molecule is C[C@@H]1[C@@H]([Si](C)(C)O)[C@H](CCO)O[C@@]12C(=O)N(C)c1ccc(Br)cc12. The first-order valence-electron chi connectivity index (χ1n) is 8.23. The lowest BCUT2D eigenvalue weighted by molar-refractivity contribution is -0.146. The summed E-state index contributed by atoms with van der Waals surface area (Å²) < 4.78 is 7.26. The summed E-state index contributed by atoms with van der Waals surface area (Å²) in [7, 11) is -0.826. The quantitative estimate of drug-likeness (QED) is 0.747. The second kappa shape index (κ2) is 5.91. The highest BCUT2D eigenvalue weighted by molar-refractivity contribution is 9.10. The molecule has 7 heteroatoms. The number of ether oxygens (including phenoxy) is 1. The maximum Gasteiger partial charge on any atom is 0.264 e. The van der Waals surface area contributed by atoms with Gasteiger partial charge in [0.1, 0.15) is 0 Å². The van der Waals surface area contributed by atoms with Crippen LogP contribution in [0.15, 0.2) is 22.7 Å². The molecule has 0 radical (unpaired) electrons. The van der Waals surface area contributed by atoms with Gasteiger partial charge in [0.2, 0.25) is 0 Å². The number of rotatable bonds is 3. The fourth-order valence-electron chi connectivity index (χ4n) is 4.55. The van der Waals surface area contributed by atoms with Gasteiger partial charge < -0.3 is 19.5 Å². The van der Waals surface area contributed by atoms with Crippen LogP contribution in [0, 0.1) is 5.92 Å². The van der Waals surface area contributed by atoms with Gasteiger partial charge in [0.05, 0.1) is 11.8 Å². The highest BCUT2D eigenvalue weighted by atomic mass is 79.9. The number of likely N-dealkylation sites (N-methyl/N-ethyl adjacent to an activating group) is 1. The van der Waals surface area contributed by atoms with Gasteiger partial charge in [-0.15, -0.1) is 0 Å². The molecule has 1 amide bonds. The van der Waals surface area contributed by atoms with Crippen LogP contribution in [0.5, 0.6) is 0 Å². The van der Waals surface area contributed by atoms with Crippen LogP contribution in [0.1, 0.15) is 18.9 Å². The Kier molecular flexibility index (Phi) is 4.45. The standard InChI is InChI=1S/C17H24BrNO4Si/c1-10-15(24(3,4)22)14(7-8-20)23-17(10)12-9-11(18)5-6-13(12)19(2)16(17)21/h5-6,9-10,14-15,20,22H,7-8H2,1-4H3/t10-,14+,15-,17+/m1/s1. The van der Waals surface area contributed by atoms with Crippen LogP contribution < -0.4 is 4.90 Å². The van der Waals surface area contributed by atoms with Crippen LogP contribution in [-0.2, 0) is 15.1 Å². The van der Waals surface area contributed by atoms with Gasteiger partial charge in [-0.05, 0) is 37.7 Å². The molecule has 0 saturated carbocycles. The van der Waals surface area contributed by atoms with Crippen molar-refractivity contribution >= 4 is 35.8 Å². The van der Waals surface area contributed by atoms with E-state index in [1.54, 1.807) is 11.9 Å². The topological polar surface area (TPSA) is 70.0 Å². The second-order valence-corrected chi connectivity index (χ2v) is 12.3. The molecule has 1 spiro atoms. The van der Waals surface area contributed by atoms with Crippen molar-refractivity contribution in [3.05, 3.63) is 28.2 Å². The number of fused-ring (bicyclic) bond motifs is 2. The number of carbonyl (C=O) groups is 1. The molecule has 5 nitrogen and oxygen atoms in total. The lowest BCUT2D eigenvalue weighted by Crippen LogP contribution is -2.45. The summed E-state index contributed by atoms with van der Waals surface area (Å²) in [4.78, 5) is 25.7. The van der Waals surface area contributed by atoms with Crippen LogP contribution in [0.2, 0.25) is 18.6 Å². The number of carbonyl (C=O) groups excluding carboxylic acids is 1. The Labute approximate surface area is 151 Å². The number of aliphatic hydroxyl groups excluding tert-OH is 1. The molecule has 0 aliphatic carbocycles. The molecule has 2 N–H and O–H groups in total. The van der Waals surface area contributed by atoms with Crippen molar-refractivity contribution in [1.82, 2.24) is 0 Å². The first kappa shape index (κ1) is 18.1. The largest absolute Gasteiger partial charge is 0.432 e. The maximum absolute atomic E-state index is 13.2. The average molecular weight is 414 g/mol. The summed E-state index contributed by atoms with van der Waals surface area (Å²) in [6, 6.07) is 5.77. The molecule has 2 aliphatic heterocycles. The molecule has 24 heavy (non-hydrogen) atoms. The third kappa shape index (κ3) is 2.41. The fraction of sp³-hybridized carbons (Fsp3) is 0.588. The van der Waals surface area contributed by atoms with Crippen LogP contribution in [0.25, 0.3) is 0 Å². The van der Waals surface area contributed by atoms with Gasteiger partial charge in [-0.3, -0.25) is 4.79 Å². The van der Waals surface area contributed by atoms with E-state index in [-0.39, 0.29) is 30.1 Å². The molecule has 0 bridgehead atoms. The van der Waals surface area contributed by atoms with Crippen molar-refractivity contribution in [3.8, 4) is 0 Å². The third-order valence-corrected chi connectivity index (χ3v) is 8.49. The van der Waals surface area contributed by atoms with Crippen molar-refractivity contribution < 1.29 is 19.4 Å². The number of benzene rings is 1. The molecule has 1 aromatic carbocycles. The predicted molar refractivity (Wildman–Crippen MR) is 98.4 cm³/mol. The molecule has 1 aromatic rings. The molecule has 3 rings (SSSR count). The van der Waals surface area contributed by atoms with Gasteiger partial charge in [0.25, 0.3) is 5.91 Å². The Hall–Kier alpha value is -0.733. The van der Waals surface area contributed by atoms with Gasteiger partial charge in [0.15, 0.2) is 13.9 Å². The molecule has 2 heterocycles. The van der Waals surface area contributed by atoms with Gasteiger partial charge in [-0.2, -0.15) is 0 Å². The van der Waals surface area contributed by atoms with E-state index in [9.17, 15) is 14.7 Å². The monoisotopic (exact) mass is 413 g/mol. The van der Waals surface area contributed by atoms with Gasteiger partial charge in [-0.25, -0.2) is 0 Å². The van der Waals surface area contributed by atoms with E-state index in [2.05, 4.69) is 15.9 Å². The van der Waals surface area contributed by atoms with E-state index >= 15 is 0 Å². The van der Waals surface area contributed by atoms with E-state index in [4.69, 9.17) is 4.74 Å². The van der Waals surface area contributed by atoms with Crippen LogP contribution in [-0.4, -0.2) is 43.9 Å². The number of amides is 1. The minimum absolute atomic E-state index is 0.0240. The van der Waals surface area contributed by atoms with Crippen molar-refractivity contribution in [2.24, 2.45) is 5.92 Å². The van der Waals surface area contributed by atoms with Crippen LogP contribution in [0.4, 0.5) is 5.69 Å². The van der Waals surface area contributed by atoms with Gasteiger partial charge >= 0.3 is 0 Å². The lowest BCUT2D eigenvalue weighted by Gasteiger charge is -2.32. The van der Waals surface area contributed by atoms with Crippen molar-refractivity contribution in [2.45, 2.75) is 43.7 Å². The zero-order valence-corrected chi connectivity index (χ0v) is 17.0. The normalized spacial score (nSPS) is 32.7. The summed E-state index contributed by atoms with van der Waals surface area (Å²) in [6.45, 7) is 5.73. The summed E-state index contributed by atoms with van der Waals surface area (Å²) in [5.41, 5.74) is 0.495. The summed E-state index contributed by atoms with van der Waals surface area (Å²) in [5, 5.41) is 9.44. The molecule has 1 saturated heterocycles. The Morgan fingerprint density at radius 1 is 1.42 bits per heavy atom. The Morgan fingerprint density at radius 2 is 2.08 bits per heavy atom. The average Bonchev–Trinajstić information content (AvgIpc) is 2.88. The van der Waals surface area contributed by atoms with Crippen molar-refractivity contribution in [3.63, 3.8) is 0 Å². The minimum Gasteiger partial charge on any atom is -0.432 e. The molecular weight excluding hydrogens is 390 g/mol. The number of halogens is 1. The Morgan fingerprint density at radius 3 is 2.67 bits per heavy atom. The summed E-state index contributed by atoms with van der Waals surface area (Å²) in [5.74, 6) is -0.252. The zero-order chi connectivity index (χ0) is 17.9. The first-order chi connectivity index (χ1) is 11.1. The van der Waals surface area contributed by atoms with E-state index in [0.29, 0.717) is 6.42 Å². The highest BCUT2D eigenvalue weighted by Crippen LogP contribution is 2.59. The molecular formula is C17H24BrNO4Si. The van der Waals surface area contributed by atoms with Crippen molar-refractivity contribution in [2.75, 3.05) is 18.6 Å². The number of anilines is 1. The smallest absolute Gasteiger partial charge is 0.264 e. The number of nitrogens with zero attached hydrogens (tertiary/aromatic N) is 1. The van der Waals surface area contributed by atoms with Crippen LogP contribution >= 0.6 is 15.9 Å². The van der Waals surface area contributed by atoms with E-state index in [0.717, 1.165) is 15.7 Å². The molecule has 1 fully saturated rings. The fourth-order valence-corrected chi connectivity index (χ4v) is 7.52. The Bertz CT molecular complexity index is 677. The first-order valence-corrected chi connectivity index (χ1v) is 12.1. The summed E-state index contributed by atoms with van der Waals surface area (Å²) >= 11 is 3.49. The van der Waals surface area contributed by atoms with Gasteiger partial charge in [-0.1, -0.05) is 22.9 Å². The molecule has 0 unspecified atom stereocenters. The van der Waals surface area contributed by atoms with E-state index in [1.807, 2.05) is 38.2 Å². The number of hydrogen-bond donors (Lipinski definition) is 2. The zero-order valence-electron chi connectivity index (χ0n) is 14.4. The molecule has 132 valence electrons. The Balaban J connectivity index is 2.17.